The van der Waals surface area contributed by atoms with Gasteiger partial charge in [0.25, 0.3) is 0 Å². The number of benzene rings is 1. The van der Waals surface area contributed by atoms with Gasteiger partial charge in [0.2, 0.25) is 15.9 Å². The molecule has 1 atom stereocenters. The number of aryl methyl sites for hydroxylation is 1. The molecule has 1 aromatic heterocycles. The first-order valence-corrected chi connectivity index (χ1v) is 10.8. The van der Waals surface area contributed by atoms with E-state index in [9.17, 15) is 17.6 Å². The summed E-state index contributed by atoms with van der Waals surface area (Å²) in [5.74, 6) is -1.59. The Morgan fingerprint density at radius 2 is 1.93 bits per heavy atom. The van der Waals surface area contributed by atoms with E-state index in [2.05, 4.69) is 35.9 Å². The van der Waals surface area contributed by atoms with Crippen molar-refractivity contribution in [2.24, 2.45) is 7.05 Å². The van der Waals surface area contributed by atoms with Crippen molar-refractivity contribution in [2.75, 3.05) is 11.0 Å². The third-order valence-electron chi connectivity index (χ3n) is 4.37. The van der Waals surface area contributed by atoms with E-state index in [4.69, 9.17) is 0 Å². The number of halogens is 1. The Morgan fingerprint density at radius 3 is 2.43 bits per heavy atom. The topological polar surface area (TPSA) is 93.1 Å². The van der Waals surface area contributed by atoms with Crippen molar-refractivity contribution >= 4 is 21.6 Å². The van der Waals surface area contributed by atoms with Gasteiger partial charge < -0.3 is 5.32 Å². The van der Waals surface area contributed by atoms with Crippen molar-refractivity contribution in [2.45, 2.75) is 45.6 Å². The van der Waals surface area contributed by atoms with Crippen LogP contribution in [-0.2, 0) is 33.8 Å². The third kappa shape index (κ3) is 5.54. The lowest BCUT2D eigenvalue weighted by molar-refractivity contribution is -0.122. The summed E-state index contributed by atoms with van der Waals surface area (Å²) in [6.45, 7) is 8.17. The maximum Gasteiger partial charge on any atom is 0.229 e. The summed E-state index contributed by atoms with van der Waals surface area (Å²) in [5, 5.41) is 7.31. The van der Waals surface area contributed by atoms with Gasteiger partial charge in [0.15, 0.2) is 0 Å². The molecule has 0 spiro atoms. The van der Waals surface area contributed by atoms with E-state index in [0.717, 1.165) is 17.6 Å². The molecule has 0 fully saturated rings. The Labute approximate surface area is 165 Å². The number of carbonyl (C=O) groups is 1. The monoisotopic (exact) mass is 410 g/mol. The lowest BCUT2D eigenvalue weighted by Gasteiger charge is -2.14. The van der Waals surface area contributed by atoms with Crippen LogP contribution >= 0.6 is 0 Å². The first-order chi connectivity index (χ1) is 12.8. The molecular formula is C19H27FN4O3S. The molecule has 0 aliphatic carbocycles. The van der Waals surface area contributed by atoms with Gasteiger partial charge in [0.05, 0.1) is 35.8 Å². The zero-order chi connectivity index (χ0) is 21.3. The molecular weight excluding hydrogens is 383 g/mol. The number of carbonyl (C=O) groups excluding carboxylic acids is 1. The number of rotatable bonds is 6. The number of amides is 1. The smallest absolute Gasteiger partial charge is 0.229 e. The van der Waals surface area contributed by atoms with Gasteiger partial charge in [-0.25, -0.2) is 12.8 Å². The molecule has 28 heavy (non-hydrogen) atoms. The standard InChI is InChI=1S/C19H27FN4O3S/c1-12(13-7-8-16(15(20)9-13)23-28(6,26)27)18(25)21-11-14-10-17(19(2,3)4)22-24(14)5/h7-10,12,23H,11H2,1-6H3,(H,21,25). The highest BCUT2D eigenvalue weighted by Crippen LogP contribution is 2.23. The van der Waals surface area contributed by atoms with Gasteiger partial charge in [-0.05, 0) is 30.7 Å². The molecule has 2 rings (SSSR count). The van der Waals surface area contributed by atoms with Gasteiger partial charge in [-0.2, -0.15) is 5.10 Å². The molecule has 1 aromatic carbocycles. The van der Waals surface area contributed by atoms with E-state index in [1.165, 1.54) is 18.2 Å². The number of nitrogens with zero attached hydrogens (tertiary/aromatic N) is 2. The Hall–Kier alpha value is -2.42. The van der Waals surface area contributed by atoms with Crippen LogP contribution in [0.3, 0.4) is 0 Å². The molecule has 0 aliphatic heterocycles. The van der Waals surface area contributed by atoms with E-state index in [-0.39, 0.29) is 17.0 Å². The Bertz CT molecular complexity index is 978. The van der Waals surface area contributed by atoms with Crippen molar-refractivity contribution in [1.29, 1.82) is 0 Å². The first kappa shape index (κ1) is 21.9. The van der Waals surface area contributed by atoms with Crippen molar-refractivity contribution < 1.29 is 17.6 Å². The Morgan fingerprint density at radius 1 is 1.29 bits per heavy atom. The van der Waals surface area contributed by atoms with Gasteiger partial charge in [-0.15, -0.1) is 0 Å². The average molecular weight is 411 g/mol. The summed E-state index contributed by atoms with van der Waals surface area (Å²) in [6.07, 6.45) is 0.944. The van der Waals surface area contributed by atoms with E-state index in [1.54, 1.807) is 11.6 Å². The summed E-state index contributed by atoms with van der Waals surface area (Å²) in [6, 6.07) is 5.96. The van der Waals surface area contributed by atoms with Crippen molar-refractivity contribution in [3.63, 3.8) is 0 Å². The van der Waals surface area contributed by atoms with Crippen molar-refractivity contribution in [3.05, 3.63) is 47.0 Å². The number of anilines is 1. The van der Waals surface area contributed by atoms with Crippen LogP contribution in [-0.4, -0.2) is 30.4 Å². The summed E-state index contributed by atoms with van der Waals surface area (Å²) in [7, 11) is -1.76. The predicted molar refractivity (Wildman–Crippen MR) is 107 cm³/mol. The Kier molecular flexibility index (Phi) is 6.18. The second kappa shape index (κ2) is 7.90. The molecule has 1 heterocycles. The van der Waals surface area contributed by atoms with Crippen LogP contribution in [0.1, 0.15) is 50.6 Å². The van der Waals surface area contributed by atoms with Gasteiger partial charge in [-0.1, -0.05) is 26.8 Å². The molecule has 1 unspecified atom stereocenters. The summed E-state index contributed by atoms with van der Waals surface area (Å²) in [4.78, 5) is 12.5. The minimum Gasteiger partial charge on any atom is -0.350 e. The number of hydrogen-bond acceptors (Lipinski definition) is 4. The maximum absolute atomic E-state index is 14.2. The fourth-order valence-corrected chi connectivity index (χ4v) is 3.17. The van der Waals surface area contributed by atoms with E-state index < -0.39 is 21.8 Å². The Balaban J connectivity index is 2.07. The van der Waals surface area contributed by atoms with Gasteiger partial charge in [-0.3, -0.25) is 14.2 Å². The zero-order valence-electron chi connectivity index (χ0n) is 17.0. The molecule has 2 N–H and O–H groups in total. The molecule has 7 nitrogen and oxygen atoms in total. The van der Waals surface area contributed by atoms with Crippen LogP contribution in [0.4, 0.5) is 10.1 Å². The molecule has 2 aromatic rings. The first-order valence-electron chi connectivity index (χ1n) is 8.86. The van der Waals surface area contributed by atoms with Crippen LogP contribution in [0.25, 0.3) is 0 Å². The van der Waals surface area contributed by atoms with Crippen LogP contribution < -0.4 is 10.0 Å². The highest BCUT2D eigenvalue weighted by Gasteiger charge is 2.21. The average Bonchev–Trinajstić information content (AvgIpc) is 2.94. The van der Waals surface area contributed by atoms with Crippen molar-refractivity contribution in [3.8, 4) is 0 Å². The molecule has 9 heteroatoms. The highest BCUT2D eigenvalue weighted by atomic mass is 32.2. The van der Waals surface area contributed by atoms with Gasteiger partial charge in [0, 0.05) is 12.5 Å². The molecule has 154 valence electrons. The molecule has 0 saturated carbocycles. The van der Waals surface area contributed by atoms with Crippen LogP contribution in [0.2, 0.25) is 0 Å². The normalized spacial score (nSPS) is 13.2. The third-order valence-corrected chi connectivity index (χ3v) is 4.96. The summed E-state index contributed by atoms with van der Waals surface area (Å²) < 4.78 is 40.5. The lowest BCUT2D eigenvalue weighted by Crippen LogP contribution is -2.28. The van der Waals surface area contributed by atoms with E-state index in [1.807, 2.05) is 13.1 Å². The van der Waals surface area contributed by atoms with Crippen LogP contribution in [0.5, 0.6) is 0 Å². The second-order valence-electron chi connectivity index (χ2n) is 7.95. The largest absolute Gasteiger partial charge is 0.350 e. The molecule has 0 saturated heterocycles. The van der Waals surface area contributed by atoms with Gasteiger partial charge in [0.1, 0.15) is 5.82 Å². The minimum absolute atomic E-state index is 0.0907. The van der Waals surface area contributed by atoms with Crippen LogP contribution in [0, 0.1) is 5.82 Å². The minimum atomic E-state index is -3.58. The quantitative estimate of drug-likeness (QED) is 0.766. The number of sulfonamides is 1. The second-order valence-corrected chi connectivity index (χ2v) is 9.70. The molecule has 0 radical (unpaired) electrons. The number of nitrogens with one attached hydrogen (secondary N) is 2. The molecule has 0 aliphatic rings. The fraction of sp³-hybridized carbons (Fsp3) is 0.474. The van der Waals surface area contributed by atoms with Crippen molar-refractivity contribution in [1.82, 2.24) is 15.1 Å². The van der Waals surface area contributed by atoms with Gasteiger partial charge >= 0.3 is 0 Å². The van der Waals surface area contributed by atoms with E-state index >= 15 is 0 Å². The number of hydrogen-bond donors (Lipinski definition) is 2. The molecule has 1 amide bonds. The number of aromatic nitrogens is 2. The maximum atomic E-state index is 14.2. The predicted octanol–water partition coefficient (Wildman–Crippen LogP) is 2.65. The van der Waals surface area contributed by atoms with E-state index in [0.29, 0.717) is 12.1 Å². The van der Waals surface area contributed by atoms with Crippen LogP contribution in [0.15, 0.2) is 24.3 Å². The summed E-state index contributed by atoms with van der Waals surface area (Å²) >= 11 is 0. The zero-order valence-corrected chi connectivity index (χ0v) is 17.8. The summed E-state index contributed by atoms with van der Waals surface area (Å²) in [5.41, 5.74) is 2.01. The SMILES string of the molecule is CC(C(=O)NCc1cc(C(C)(C)C)nn1C)c1ccc(NS(C)(=O)=O)c(F)c1. The lowest BCUT2D eigenvalue weighted by atomic mass is 9.92. The molecule has 0 bridgehead atoms. The fourth-order valence-electron chi connectivity index (χ4n) is 2.60. The highest BCUT2D eigenvalue weighted by molar-refractivity contribution is 7.92.